The number of hydrogen-bond acceptors (Lipinski definition) is 2. The van der Waals surface area contributed by atoms with Crippen molar-refractivity contribution in [2.45, 2.75) is 26.2 Å². The molecular formula is C12H19BrN2O2. The third-order valence-corrected chi connectivity index (χ3v) is 5.15. The molecule has 2 amide bonds. The van der Waals surface area contributed by atoms with Crippen molar-refractivity contribution < 1.29 is 9.59 Å². The maximum absolute atomic E-state index is 12.0. The van der Waals surface area contributed by atoms with Gasteiger partial charge in [-0.1, -0.05) is 22.4 Å². The molecule has 0 aromatic carbocycles. The summed E-state index contributed by atoms with van der Waals surface area (Å²) in [5.41, 5.74) is 0.227. The summed E-state index contributed by atoms with van der Waals surface area (Å²) in [6.07, 6.45) is 3.56. The number of carbonyl (C=O) groups is 2. The number of carbonyl (C=O) groups excluding carboxylic acids is 2. The van der Waals surface area contributed by atoms with E-state index in [4.69, 9.17) is 0 Å². The molecule has 1 aliphatic carbocycles. The second-order valence-corrected chi connectivity index (χ2v) is 5.71. The summed E-state index contributed by atoms with van der Waals surface area (Å²) >= 11 is 3.54. The van der Waals surface area contributed by atoms with Crippen molar-refractivity contribution in [2.24, 2.45) is 5.41 Å². The van der Waals surface area contributed by atoms with Crippen LogP contribution in [0.4, 0.5) is 0 Å². The first-order valence-electron chi connectivity index (χ1n) is 6.22. The molecule has 0 N–H and O–H groups in total. The van der Waals surface area contributed by atoms with E-state index in [0.717, 1.165) is 24.7 Å². The van der Waals surface area contributed by atoms with Gasteiger partial charge in [0.1, 0.15) is 0 Å². The first-order valence-corrected chi connectivity index (χ1v) is 7.34. The van der Waals surface area contributed by atoms with E-state index in [-0.39, 0.29) is 30.3 Å². The molecule has 0 unspecified atom stereocenters. The zero-order chi connectivity index (χ0) is 12.5. The van der Waals surface area contributed by atoms with Gasteiger partial charge in [0.15, 0.2) is 0 Å². The van der Waals surface area contributed by atoms with Crippen LogP contribution < -0.4 is 0 Å². The second-order valence-electron chi connectivity index (χ2n) is 5.14. The van der Waals surface area contributed by atoms with Crippen LogP contribution in [0.15, 0.2) is 0 Å². The van der Waals surface area contributed by atoms with Crippen LogP contribution in [0.3, 0.4) is 0 Å². The first kappa shape index (κ1) is 12.9. The minimum Gasteiger partial charge on any atom is -0.332 e. The molecule has 0 aromatic rings. The molecule has 17 heavy (non-hydrogen) atoms. The molecule has 0 radical (unpaired) electrons. The highest BCUT2D eigenvalue weighted by atomic mass is 79.9. The Bertz CT molecular complexity index is 323. The summed E-state index contributed by atoms with van der Waals surface area (Å²) in [5.74, 6) is 0.176. The number of piperazine rings is 1. The van der Waals surface area contributed by atoms with Gasteiger partial charge in [-0.15, -0.1) is 0 Å². The summed E-state index contributed by atoms with van der Waals surface area (Å²) < 4.78 is 0. The fraction of sp³-hybridized carbons (Fsp3) is 0.833. The van der Waals surface area contributed by atoms with Gasteiger partial charge in [-0.25, -0.2) is 0 Å². The topological polar surface area (TPSA) is 40.6 Å². The number of amides is 2. The average Bonchev–Trinajstić information content (AvgIpc) is 2.27. The molecule has 2 rings (SSSR count). The van der Waals surface area contributed by atoms with E-state index >= 15 is 0 Å². The Kier molecular flexibility index (Phi) is 3.76. The van der Waals surface area contributed by atoms with E-state index in [1.807, 2.05) is 6.92 Å². The van der Waals surface area contributed by atoms with Gasteiger partial charge in [-0.05, 0) is 25.2 Å². The number of rotatable bonds is 4. The summed E-state index contributed by atoms with van der Waals surface area (Å²) in [5, 5.41) is 0.926. The summed E-state index contributed by atoms with van der Waals surface area (Å²) in [6, 6.07) is 0. The predicted molar refractivity (Wildman–Crippen MR) is 68.9 cm³/mol. The zero-order valence-corrected chi connectivity index (χ0v) is 11.8. The Morgan fingerprint density at radius 1 is 1.18 bits per heavy atom. The molecule has 1 saturated carbocycles. The molecule has 5 heteroatoms. The van der Waals surface area contributed by atoms with Gasteiger partial charge in [0.2, 0.25) is 11.8 Å². The van der Waals surface area contributed by atoms with Crippen LogP contribution in [0.2, 0.25) is 0 Å². The molecule has 0 bridgehead atoms. The van der Waals surface area contributed by atoms with Gasteiger partial charge in [-0.2, -0.15) is 0 Å². The van der Waals surface area contributed by atoms with Crippen molar-refractivity contribution in [3.05, 3.63) is 0 Å². The Morgan fingerprint density at radius 3 is 2.24 bits per heavy atom. The van der Waals surface area contributed by atoms with Crippen LogP contribution in [-0.4, -0.2) is 53.1 Å². The lowest BCUT2D eigenvalue weighted by Gasteiger charge is -2.45. The van der Waals surface area contributed by atoms with Crippen molar-refractivity contribution in [2.75, 3.05) is 31.5 Å². The van der Waals surface area contributed by atoms with Crippen molar-refractivity contribution >= 4 is 27.7 Å². The molecule has 4 nitrogen and oxygen atoms in total. The number of hydrogen-bond donors (Lipinski definition) is 0. The van der Waals surface area contributed by atoms with Crippen molar-refractivity contribution in [3.63, 3.8) is 0 Å². The highest BCUT2D eigenvalue weighted by Gasteiger charge is 2.40. The second kappa shape index (κ2) is 4.96. The third kappa shape index (κ3) is 2.49. The predicted octanol–water partition coefficient (Wildman–Crippen LogP) is 1.24. The Balaban J connectivity index is 1.98. The van der Waals surface area contributed by atoms with Gasteiger partial charge in [0.25, 0.3) is 0 Å². The molecule has 1 aliphatic heterocycles. The largest absolute Gasteiger partial charge is 0.332 e. The summed E-state index contributed by atoms with van der Waals surface area (Å²) in [6.45, 7) is 3.80. The maximum atomic E-state index is 12.0. The molecule has 1 saturated heterocycles. The van der Waals surface area contributed by atoms with Crippen molar-refractivity contribution in [1.29, 1.82) is 0 Å². The molecule has 96 valence electrons. The highest BCUT2D eigenvalue weighted by Crippen LogP contribution is 2.43. The SMILES string of the molecule is CCN1CC(=O)N(CC2(CBr)CCC2)CC1=O. The molecule has 2 aliphatic rings. The fourth-order valence-electron chi connectivity index (χ4n) is 2.55. The first-order chi connectivity index (χ1) is 8.10. The fourth-order valence-corrected chi connectivity index (χ4v) is 3.29. The summed E-state index contributed by atoms with van der Waals surface area (Å²) in [4.78, 5) is 27.1. The Hall–Kier alpha value is -0.580. The third-order valence-electron chi connectivity index (χ3n) is 3.96. The van der Waals surface area contributed by atoms with E-state index in [0.29, 0.717) is 6.54 Å². The van der Waals surface area contributed by atoms with Crippen molar-refractivity contribution in [1.82, 2.24) is 9.80 Å². The van der Waals surface area contributed by atoms with Crippen LogP contribution in [0.1, 0.15) is 26.2 Å². The van der Waals surface area contributed by atoms with Crippen molar-refractivity contribution in [3.8, 4) is 0 Å². The minimum absolute atomic E-state index is 0.0798. The van der Waals surface area contributed by atoms with Gasteiger partial charge in [0, 0.05) is 18.4 Å². The smallest absolute Gasteiger partial charge is 0.242 e. The van der Waals surface area contributed by atoms with Crippen LogP contribution in [-0.2, 0) is 9.59 Å². The lowest BCUT2D eigenvalue weighted by Crippen LogP contribution is -2.57. The maximum Gasteiger partial charge on any atom is 0.242 e. The van der Waals surface area contributed by atoms with Crippen LogP contribution in [0, 0.1) is 5.41 Å². The van der Waals surface area contributed by atoms with Gasteiger partial charge in [-0.3, -0.25) is 9.59 Å². The van der Waals surface area contributed by atoms with E-state index in [9.17, 15) is 9.59 Å². The van der Waals surface area contributed by atoms with Gasteiger partial charge < -0.3 is 9.80 Å². The molecule has 1 heterocycles. The summed E-state index contributed by atoms with van der Waals surface area (Å²) in [7, 11) is 0. The van der Waals surface area contributed by atoms with Crippen LogP contribution in [0.25, 0.3) is 0 Å². The molecule has 0 atom stereocenters. The molecule has 0 spiro atoms. The zero-order valence-electron chi connectivity index (χ0n) is 10.2. The molecule has 0 aromatic heterocycles. The van der Waals surface area contributed by atoms with Crippen LogP contribution >= 0.6 is 15.9 Å². The quantitative estimate of drug-likeness (QED) is 0.733. The normalized spacial score (nSPS) is 23.9. The average molecular weight is 303 g/mol. The number of nitrogens with zero attached hydrogens (tertiary/aromatic N) is 2. The minimum atomic E-state index is 0.0798. The van der Waals surface area contributed by atoms with E-state index < -0.39 is 0 Å². The van der Waals surface area contributed by atoms with Gasteiger partial charge in [0.05, 0.1) is 13.1 Å². The number of alkyl halides is 1. The number of likely N-dealkylation sites (N-methyl/N-ethyl adjacent to an activating group) is 1. The van der Waals surface area contributed by atoms with Gasteiger partial charge >= 0.3 is 0 Å². The Morgan fingerprint density at radius 2 is 1.76 bits per heavy atom. The number of halogens is 1. The Labute approximate surface area is 110 Å². The van der Waals surface area contributed by atoms with E-state index in [2.05, 4.69) is 15.9 Å². The van der Waals surface area contributed by atoms with E-state index in [1.165, 1.54) is 6.42 Å². The lowest BCUT2D eigenvalue weighted by molar-refractivity contribution is -0.151. The lowest BCUT2D eigenvalue weighted by atomic mass is 9.70. The molecule has 2 fully saturated rings. The molecular weight excluding hydrogens is 284 g/mol. The standard InChI is InChI=1S/C12H19BrN2O2/c1-2-14-6-11(17)15(7-10(14)16)9-12(8-13)4-3-5-12/h2-9H2,1H3. The highest BCUT2D eigenvalue weighted by molar-refractivity contribution is 9.09. The van der Waals surface area contributed by atoms with E-state index in [1.54, 1.807) is 9.80 Å². The van der Waals surface area contributed by atoms with Crippen LogP contribution in [0.5, 0.6) is 0 Å². The monoisotopic (exact) mass is 302 g/mol.